The Morgan fingerprint density at radius 1 is 0.431 bits per heavy atom. The lowest BCUT2D eigenvalue weighted by molar-refractivity contribution is 0.660. The molecule has 1 aliphatic rings. The van der Waals surface area contributed by atoms with Gasteiger partial charge in [-0.05, 0) is 123 Å². The van der Waals surface area contributed by atoms with E-state index in [9.17, 15) is 0 Å². The summed E-state index contributed by atoms with van der Waals surface area (Å²) in [5.74, 6) is 0. The third-order valence-corrected chi connectivity index (χ3v) is 13.7. The van der Waals surface area contributed by atoms with Gasteiger partial charge in [-0.3, -0.25) is 0 Å². The molecule has 0 spiro atoms. The van der Waals surface area contributed by atoms with Crippen LogP contribution in [0.2, 0.25) is 0 Å². The van der Waals surface area contributed by atoms with Gasteiger partial charge < -0.3 is 9.47 Å². The topological polar surface area (TPSA) is 8.17 Å². The molecule has 1 aliphatic carbocycles. The van der Waals surface area contributed by atoms with E-state index >= 15 is 0 Å². The third-order valence-electron chi connectivity index (χ3n) is 12.5. The highest BCUT2D eigenvalue weighted by Gasteiger charge is 2.35. The Morgan fingerprint density at radius 3 is 2.00 bits per heavy atom. The zero-order chi connectivity index (χ0) is 38.5. The molecule has 12 rings (SSSR count). The maximum Gasteiger partial charge on any atom is 0.0547 e. The average Bonchev–Trinajstić information content (AvgIpc) is 3.89. The predicted molar refractivity (Wildman–Crippen MR) is 249 cm³/mol. The second kappa shape index (κ2) is 12.5. The van der Waals surface area contributed by atoms with Gasteiger partial charge in [0.25, 0.3) is 0 Å². The van der Waals surface area contributed by atoms with Crippen LogP contribution in [0.1, 0.15) is 25.0 Å². The Kier molecular flexibility index (Phi) is 7.18. The molecule has 0 N–H and O–H groups in total. The lowest BCUT2D eigenvalue weighted by atomic mass is 9.82. The molecule has 0 aliphatic heterocycles. The smallest absolute Gasteiger partial charge is 0.0547 e. The van der Waals surface area contributed by atoms with Crippen LogP contribution >= 0.6 is 11.3 Å². The molecule has 2 heterocycles. The van der Waals surface area contributed by atoms with Crippen LogP contribution in [0.25, 0.3) is 80.7 Å². The van der Waals surface area contributed by atoms with Crippen LogP contribution in [0.4, 0.5) is 17.1 Å². The number of anilines is 3. The lowest BCUT2D eigenvalue weighted by Crippen LogP contribution is -2.16. The van der Waals surface area contributed by atoms with Crippen molar-refractivity contribution in [3.63, 3.8) is 0 Å². The number of hydrogen-bond acceptors (Lipinski definition) is 2. The fourth-order valence-corrected chi connectivity index (χ4v) is 10.9. The number of fused-ring (bicyclic) bond motifs is 11. The number of hydrogen-bond donors (Lipinski definition) is 0. The summed E-state index contributed by atoms with van der Waals surface area (Å²) in [6.07, 6.45) is 0. The van der Waals surface area contributed by atoms with Crippen LogP contribution in [0.3, 0.4) is 0 Å². The van der Waals surface area contributed by atoms with E-state index in [1.807, 2.05) is 11.3 Å². The first-order valence-electron chi connectivity index (χ1n) is 20.1. The van der Waals surface area contributed by atoms with Crippen LogP contribution in [0, 0.1) is 0 Å². The van der Waals surface area contributed by atoms with Gasteiger partial charge in [0.1, 0.15) is 0 Å². The van der Waals surface area contributed by atoms with Crippen molar-refractivity contribution in [1.29, 1.82) is 0 Å². The maximum atomic E-state index is 2.46. The number of aromatic nitrogens is 1. The minimum absolute atomic E-state index is 0.118. The van der Waals surface area contributed by atoms with Crippen molar-refractivity contribution in [2.75, 3.05) is 4.90 Å². The van der Waals surface area contributed by atoms with E-state index in [-0.39, 0.29) is 5.41 Å². The molecule has 0 bridgehead atoms. The molecule has 0 atom stereocenters. The van der Waals surface area contributed by atoms with Gasteiger partial charge in [0.15, 0.2) is 0 Å². The Bertz CT molecular complexity index is 3430. The van der Waals surface area contributed by atoms with Crippen molar-refractivity contribution in [3.05, 3.63) is 205 Å². The minimum atomic E-state index is -0.118. The summed E-state index contributed by atoms with van der Waals surface area (Å²) < 4.78 is 5.11. The molecule has 0 fully saturated rings. The summed E-state index contributed by atoms with van der Waals surface area (Å²) in [5, 5.41) is 7.70. The Morgan fingerprint density at radius 2 is 1.12 bits per heavy atom. The van der Waals surface area contributed by atoms with Gasteiger partial charge in [0.05, 0.1) is 11.0 Å². The number of benzene rings is 9. The van der Waals surface area contributed by atoms with Crippen molar-refractivity contribution in [2.45, 2.75) is 19.3 Å². The fourth-order valence-electron chi connectivity index (χ4n) is 9.78. The van der Waals surface area contributed by atoms with Gasteiger partial charge in [0, 0.05) is 59.1 Å². The largest absolute Gasteiger partial charge is 0.310 e. The van der Waals surface area contributed by atoms with E-state index in [2.05, 4.69) is 217 Å². The van der Waals surface area contributed by atoms with Crippen LogP contribution in [-0.4, -0.2) is 4.57 Å². The molecule has 0 saturated heterocycles. The molecule has 0 radical (unpaired) electrons. The first-order chi connectivity index (χ1) is 28.5. The molecule has 0 saturated carbocycles. The van der Waals surface area contributed by atoms with Crippen molar-refractivity contribution in [3.8, 4) is 27.9 Å². The van der Waals surface area contributed by atoms with Crippen molar-refractivity contribution in [1.82, 2.24) is 4.57 Å². The Balaban J connectivity index is 1.12. The van der Waals surface area contributed by atoms with Gasteiger partial charge >= 0.3 is 0 Å². The van der Waals surface area contributed by atoms with Gasteiger partial charge in [-0.1, -0.05) is 129 Å². The van der Waals surface area contributed by atoms with Crippen molar-refractivity contribution < 1.29 is 0 Å². The van der Waals surface area contributed by atoms with E-state index in [0.29, 0.717) is 0 Å². The number of thiophene rings is 1. The van der Waals surface area contributed by atoms with Gasteiger partial charge in [-0.15, -0.1) is 11.3 Å². The minimum Gasteiger partial charge on any atom is -0.310 e. The van der Waals surface area contributed by atoms with Crippen LogP contribution in [0.15, 0.2) is 194 Å². The SMILES string of the molecule is CC1(C)c2ccccc2-c2ccc(N(c3cccc(-c4ccccc4)c3)c3ccc4c(c3)c3cc5ccc6sc7ccccc7c6c5cc3n4-c3ccccc3)cc21. The highest BCUT2D eigenvalue weighted by molar-refractivity contribution is 7.26. The van der Waals surface area contributed by atoms with Crippen molar-refractivity contribution >= 4 is 81.1 Å². The maximum absolute atomic E-state index is 2.46. The molecular weight excluding hydrogens is 721 g/mol. The quantitative estimate of drug-likeness (QED) is 0.170. The highest BCUT2D eigenvalue weighted by atomic mass is 32.1. The molecule has 2 aromatic heterocycles. The zero-order valence-corrected chi connectivity index (χ0v) is 33.1. The summed E-state index contributed by atoms with van der Waals surface area (Å²) in [6.45, 7) is 4.73. The van der Waals surface area contributed by atoms with E-state index in [4.69, 9.17) is 0 Å². The molecule has 11 aromatic rings. The standard InChI is InChI=1S/C55H38N2S/c1-55(2)48-22-11-9-20-42(48)43-27-25-41(33-49(43)55)56(39-19-13-16-36(30-39)35-14-5-3-6-15-35)40-26-28-50-47(32-40)46-31-37-24-29-53-54(44-21-10-12-23-52(44)58-53)45(37)34-51(46)57(50)38-17-7-4-8-18-38/h3-34H,1-2H3. The summed E-state index contributed by atoms with van der Waals surface area (Å²) in [7, 11) is 0. The molecule has 2 nitrogen and oxygen atoms in total. The monoisotopic (exact) mass is 758 g/mol. The lowest BCUT2D eigenvalue weighted by Gasteiger charge is -2.28. The van der Waals surface area contributed by atoms with Crippen LogP contribution < -0.4 is 4.90 Å². The van der Waals surface area contributed by atoms with Gasteiger partial charge in [-0.25, -0.2) is 0 Å². The fraction of sp³-hybridized carbons (Fsp3) is 0.0545. The second-order valence-corrected chi connectivity index (χ2v) is 17.2. The molecule has 274 valence electrons. The Hall–Kier alpha value is -6.94. The van der Waals surface area contributed by atoms with E-state index in [1.54, 1.807) is 0 Å². The number of nitrogens with zero attached hydrogens (tertiary/aromatic N) is 2. The first-order valence-corrected chi connectivity index (χ1v) is 20.9. The average molecular weight is 759 g/mol. The zero-order valence-electron chi connectivity index (χ0n) is 32.3. The third kappa shape index (κ3) is 4.90. The second-order valence-electron chi connectivity index (χ2n) is 16.2. The number of rotatable bonds is 5. The molecule has 0 amide bonds. The molecule has 9 aromatic carbocycles. The van der Waals surface area contributed by atoms with Crippen LogP contribution in [0.5, 0.6) is 0 Å². The van der Waals surface area contributed by atoms with E-state index < -0.39 is 0 Å². The summed E-state index contributed by atoms with van der Waals surface area (Å²) in [6, 6.07) is 71.9. The van der Waals surface area contributed by atoms with Crippen LogP contribution in [-0.2, 0) is 5.41 Å². The normalized spacial score (nSPS) is 13.1. The predicted octanol–water partition coefficient (Wildman–Crippen LogP) is 15.7. The number of para-hydroxylation sites is 1. The highest BCUT2D eigenvalue weighted by Crippen LogP contribution is 2.51. The van der Waals surface area contributed by atoms with Gasteiger partial charge in [0.2, 0.25) is 0 Å². The van der Waals surface area contributed by atoms with E-state index in [1.165, 1.54) is 86.1 Å². The molecule has 0 unspecified atom stereocenters. The molecule has 58 heavy (non-hydrogen) atoms. The summed E-state index contributed by atoms with van der Waals surface area (Å²) in [5.41, 5.74) is 14.6. The van der Waals surface area contributed by atoms with E-state index in [0.717, 1.165) is 22.7 Å². The van der Waals surface area contributed by atoms with Gasteiger partial charge in [-0.2, -0.15) is 0 Å². The Labute approximate surface area is 341 Å². The first kappa shape index (κ1) is 33.2. The molecule has 3 heteroatoms. The molecular formula is C55H38N2S. The summed E-state index contributed by atoms with van der Waals surface area (Å²) >= 11 is 1.88. The summed E-state index contributed by atoms with van der Waals surface area (Å²) in [4.78, 5) is 2.46. The van der Waals surface area contributed by atoms with Crippen molar-refractivity contribution in [2.24, 2.45) is 0 Å².